The molecule has 29 heavy (non-hydrogen) atoms. The van der Waals surface area contributed by atoms with Crippen LogP contribution in [0.3, 0.4) is 0 Å². The van der Waals surface area contributed by atoms with Crippen LogP contribution in [0.2, 0.25) is 0 Å². The number of ether oxygens (including phenoxy) is 1. The number of hydrogen-bond donors (Lipinski definition) is 2. The van der Waals surface area contributed by atoms with Crippen LogP contribution in [-0.2, 0) is 22.7 Å². The molecule has 1 aromatic carbocycles. The van der Waals surface area contributed by atoms with Crippen molar-refractivity contribution < 1.29 is 23.9 Å². The molecule has 0 saturated heterocycles. The van der Waals surface area contributed by atoms with E-state index in [-0.39, 0.29) is 17.9 Å². The Morgan fingerprint density at radius 2 is 1.97 bits per heavy atom. The first-order valence-corrected chi connectivity index (χ1v) is 9.80. The summed E-state index contributed by atoms with van der Waals surface area (Å²) in [7, 11) is 0. The number of carboxylic acid groups (broad SMARTS) is 1. The number of oxazole rings is 1. The number of nitrogens with zero attached hydrogens (tertiary/aromatic N) is 1. The maximum absolute atomic E-state index is 11.6. The zero-order valence-corrected chi connectivity index (χ0v) is 17.7. The summed E-state index contributed by atoms with van der Waals surface area (Å²) in [5, 5.41) is 9.50. The smallest absolute Gasteiger partial charge is 0.333 e. The van der Waals surface area contributed by atoms with Crippen molar-refractivity contribution in [3.63, 3.8) is 0 Å². The highest BCUT2D eigenvalue weighted by molar-refractivity contribution is 5.87. The number of rotatable bonds is 11. The third-order valence-corrected chi connectivity index (χ3v) is 4.33. The molecule has 2 aromatic rings. The zero-order valence-electron chi connectivity index (χ0n) is 17.7. The average molecular weight is 402 g/mol. The first kappa shape index (κ1) is 22.5. The fourth-order valence-corrected chi connectivity index (χ4v) is 2.58. The molecule has 158 valence electrons. The Balaban J connectivity index is 2.00. The molecule has 0 bridgehead atoms. The molecule has 0 fully saturated rings. The van der Waals surface area contributed by atoms with E-state index in [0.29, 0.717) is 30.6 Å². The molecule has 0 unspecified atom stereocenters. The highest BCUT2D eigenvalue weighted by Gasteiger charge is 2.14. The van der Waals surface area contributed by atoms with E-state index >= 15 is 0 Å². The first-order chi connectivity index (χ1) is 13.8. The predicted octanol–water partition coefficient (Wildman–Crippen LogP) is 4.52. The van der Waals surface area contributed by atoms with E-state index in [1.54, 1.807) is 6.92 Å². The van der Waals surface area contributed by atoms with E-state index in [1.807, 2.05) is 52.0 Å². The number of aliphatic carboxylic acids is 1. The van der Waals surface area contributed by atoms with Crippen LogP contribution in [0.25, 0.3) is 0 Å². The Morgan fingerprint density at radius 3 is 2.52 bits per heavy atom. The molecule has 2 rings (SSSR count). The fourth-order valence-electron chi connectivity index (χ4n) is 2.58. The molecule has 7 nitrogen and oxygen atoms in total. The van der Waals surface area contributed by atoms with Gasteiger partial charge < -0.3 is 14.3 Å². The van der Waals surface area contributed by atoms with Crippen molar-refractivity contribution in [2.24, 2.45) is 0 Å². The van der Waals surface area contributed by atoms with Crippen molar-refractivity contribution in [3.8, 4) is 5.75 Å². The van der Waals surface area contributed by atoms with Crippen LogP contribution in [0.4, 0.5) is 0 Å². The van der Waals surface area contributed by atoms with Gasteiger partial charge in [-0.1, -0.05) is 32.9 Å². The average Bonchev–Trinajstić information content (AvgIpc) is 3.06. The van der Waals surface area contributed by atoms with Crippen molar-refractivity contribution in [3.05, 3.63) is 58.4 Å². The normalized spacial score (nSPS) is 12.1. The maximum Gasteiger partial charge on any atom is 0.333 e. The zero-order chi connectivity index (χ0) is 21.4. The molecule has 0 atom stereocenters. The van der Waals surface area contributed by atoms with Crippen molar-refractivity contribution in [2.75, 3.05) is 6.61 Å². The van der Waals surface area contributed by atoms with Gasteiger partial charge in [0.15, 0.2) is 5.89 Å². The number of benzene rings is 1. The second kappa shape index (κ2) is 10.7. The van der Waals surface area contributed by atoms with Gasteiger partial charge in [0.1, 0.15) is 23.8 Å². The molecule has 0 radical (unpaired) electrons. The summed E-state index contributed by atoms with van der Waals surface area (Å²) in [4.78, 5) is 21.3. The minimum atomic E-state index is -0.974. The van der Waals surface area contributed by atoms with Gasteiger partial charge in [-0.25, -0.2) is 9.78 Å². The molecule has 0 saturated carbocycles. The van der Waals surface area contributed by atoms with Gasteiger partial charge in [-0.2, -0.15) is 0 Å². The topological polar surface area (TPSA) is 93.8 Å². The van der Waals surface area contributed by atoms with Gasteiger partial charge >= 0.3 is 5.97 Å². The Morgan fingerprint density at radius 1 is 1.28 bits per heavy atom. The highest BCUT2D eigenvalue weighted by Crippen LogP contribution is 2.21. The summed E-state index contributed by atoms with van der Waals surface area (Å²) in [5.74, 6) is 1.40. The van der Waals surface area contributed by atoms with E-state index in [2.05, 4.69) is 10.5 Å². The lowest BCUT2D eigenvalue weighted by Gasteiger charge is -2.11. The molecular formula is C22H30N2O5. The van der Waals surface area contributed by atoms with Crippen molar-refractivity contribution >= 4 is 5.97 Å². The lowest BCUT2D eigenvalue weighted by Crippen LogP contribution is -2.18. The van der Waals surface area contributed by atoms with E-state index in [1.165, 1.54) is 0 Å². The van der Waals surface area contributed by atoms with Crippen LogP contribution >= 0.6 is 0 Å². The number of carbonyl (C=O) groups is 1. The Hall–Kier alpha value is -2.80. The van der Waals surface area contributed by atoms with Gasteiger partial charge in [-0.15, -0.1) is 0 Å². The minimum absolute atomic E-state index is 0.225. The van der Waals surface area contributed by atoms with Gasteiger partial charge in [0.25, 0.3) is 0 Å². The summed E-state index contributed by atoms with van der Waals surface area (Å²) in [6.07, 6.45) is 1.13. The number of nitrogens with one attached hydrogen (secondary N) is 1. The molecule has 0 amide bonds. The van der Waals surface area contributed by atoms with Crippen molar-refractivity contribution in [1.82, 2.24) is 10.5 Å². The Labute approximate surface area is 171 Å². The lowest BCUT2D eigenvalue weighted by molar-refractivity contribution is -0.132. The molecule has 7 heteroatoms. The Bertz CT molecular complexity index is 837. The number of hydrogen-bond acceptors (Lipinski definition) is 6. The van der Waals surface area contributed by atoms with E-state index in [4.69, 9.17) is 14.0 Å². The monoisotopic (exact) mass is 402 g/mol. The van der Waals surface area contributed by atoms with Crippen LogP contribution in [-0.4, -0.2) is 22.7 Å². The van der Waals surface area contributed by atoms with Crippen LogP contribution in [0, 0.1) is 6.92 Å². The number of allylic oxidation sites excluding steroid dienone is 1. The first-order valence-electron chi connectivity index (χ1n) is 9.80. The molecule has 1 aromatic heterocycles. The third-order valence-electron chi connectivity index (χ3n) is 4.33. The number of aryl methyl sites for hydroxylation is 1. The second-order valence-corrected chi connectivity index (χ2v) is 7.18. The standard InChI is InChI=1S/C22H30N2O5/c1-6-11-28-24-15(4)19(22(25)26)12-17-7-9-18(10-8-17)27-13-20-16(5)29-21(23-20)14(2)3/h7-10,14,24H,6,11-13H2,1-5H3,(H,25,26). The third kappa shape index (κ3) is 6.64. The second-order valence-electron chi connectivity index (χ2n) is 7.18. The molecule has 0 aliphatic rings. The van der Waals surface area contributed by atoms with E-state index in [9.17, 15) is 9.90 Å². The van der Waals surface area contributed by atoms with E-state index in [0.717, 1.165) is 23.4 Å². The van der Waals surface area contributed by atoms with Gasteiger partial charge in [0.05, 0.1) is 12.2 Å². The summed E-state index contributed by atoms with van der Waals surface area (Å²) in [5.41, 5.74) is 5.11. The van der Waals surface area contributed by atoms with Crippen molar-refractivity contribution in [1.29, 1.82) is 0 Å². The molecule has 0 spiro atoms. The Kier molecular flexibility index (Phi) is 8.27. The fraction of sp³-hybridized carbons (Fsp3) is 0.455. The van der Waals surface area contributed by atoms with Gasteiger partial charge in [0, 0.05) is 18.0 Å². The molecule has 1 heterocycles. The maximum atomic E-state index is 11.6. The van der Waals surface area contributed by atoms with Gasteiger partial charge in [-0.3, -0.25) is 10.3 Å². The number of hydroxylamine groups is 1. The molecule has 0 aliphatic carbocycles. The summed E-state index contributed by atoms with van der Waals surface area (Å²) >= 11 is 0. The number of aromatic nitrogens is 1. The summed E-state index contributed by atoms with van der Waals surface area (Å²) < 4.78 is 11.4. The number of carboxylic acids is 1. The highest BCUT2D eigenvalue weighted by atomic mass is 16.6. The quantitative estimate of drug-likeness (QED) is 0.324. The van der Waals surface area contributed by atoms with Gasteiger partial charge in [-0.05, 0) is 38.0 Å². The van der Waals surface area contributed by atoms with Crippen LogP contribution in [0.5, 0.6) is 5.75 Å². The summed E-state index contributed by atoms with van der Waals surface area (Å²) in [6.45, 7) is 10.4. The molecule has 0 aliphatic heterocycles. The molecular weight excluding hydrogens is 372 g/mol. The van der Waals surface area contributed by atoms with Crippen LogP contribution in [0.15, 0.2) is 40.0 Å². The molecule has 2 N–H and O–H groups in total. The minimum Gasteiger partial charge on any atom is -0.487 e. The van der Waals surface area contributed by atoms with Crippen LogP contribution in [0.1, 0.15) is 62.9 Å². The van der Waals surface area contributed by atoms with E-state index < -0.39 is 5.97 Å². The summed E-state index contributed by atoms with van der Waals surface area (Å²) in [6, 6.07) is 7.36. The SMILES string of the molecule is CCCONC(C)=C(Cc1ccc(OCc2nc(C(C)C)oc2C)cc1)C(=O)O. The van der Waals surface area contributed by atoms with Crippen molar-refractivity contribution in [2.45, 2.75) is 60.0 Å². The predicted molar refractivity (Wildman–Crippen MR) is 110 cm³/mol. The van der Waals surface area contributed by atoms with Gasteiger partial charge in [0.2, 0.25) is 0 Å². The largest absolute Gasteiger partial charge is 0.487 e. The lowest BCUT2D eigenvalue weighted by atomic mass is 10.0. The van der Waals surface area contributed by atoms with Crippen LogP contribution < -0.4 is 10.2 Å².